The van der Waals surface area contributed by atoms with Gasteiger partial charge in [0.25, 0.3) is 0 Å². The van der Waals surface area contributed by atoms with Crippen LogP contribution in [-0.4, -0.2) is 14.6 Å². The third-order valence-corrected chi connectivity index (χ3v) is 4.86. The van der Waals surface area contributed by atoms with Crippen LogP contribution in [0.2, 0.25) is 0 Å². The van der Waals surface area contributed by atoms with Crippen LogP contribution in [0.1, 0.15) is 38.9 Å². The molecule has 1 aliphatic carbocycles. The van der Waals surface area contributed by atoms with Crippen LogP contribution in [0, 0.1) is 0 Å². The molecule has 3 rings (SSSR count). The lowest BCUT2D eigenvalue weighted by atomic mass is 10.0. The van der Waals surface area contributed by atoms with Gasteiger partial charge in [-0.25, -0.2) is 4.98 Å². The average Bonchev–Trinajstić information content (AvgIpc) is 2.67. The quantitative estimate of drug-likeness (QED) is 0.923. The molecule has 0 aromatic carbocycles. The predicted molar refractivity (Wildman–Crippen MR) is 75.9 cm³/mol. The molecule has 2 aromatic heterocycles. The second kappa shape index (κ2) is 4.28. The first kappa shape index (κ1) is 12.1. The van der Waals surface area contributed by atoms with E-state index in [-0.39, 0.29) is 0 Å². The molecule has 0 unspecified atom stereocenters. The normalized spacial score (nSPS) is 17.1. The van der Waals surface area contributed by atoms with Crippen molar-refractivity contribution in [2.45, 2.75) is 48.8 Å². The zero-order chi connectivity index (χ0) is 12.8. The number of aromatic nitrogens is 2. The van der Waals surface area contributed by atoms with Crippen molar-refractivity contribution < 1.29 is 0 Å². The number of nitrogens with zero attached hydrogens (tertiary/aromatic N) is 2. The lowest BCUT2D eigenvalue weighted by molar-refractivity contribution is 0.511. The lowest BCUT2D eigenvalue weighted by Crippen LogP contribution is -2.31. The molecule has 18 heavy (non-hydrogen) atoms. The SMILES string of the molecule is CC(C)(N)c1ncc2c(SC3CCC3)cccn12. The van der Waals surface area contributed by atoms with Crippen molar-refractivity contribution in [1.29, 1.82) is 0 Å². The molecular weight excluding hydrogens is 242 g/mol. The number of fused-ring (bicyclic) bond motifs is 1. The van der Waals surface area contributed by atoms with E-state index in [0.29, 0.717) is 0 Å². The molecular formula is C14H19N3S. The Hall–Kier alpha value is -1.00. The van der Waals surface area contributed by atoms with Gasteiger partial charge in [0.1, 0.15) is 5.82 Å². The van der Waals surface area contributed by atoms with E-state index in [1.165, 1.54) is 29.7 Å². The Bertz CT molecular complexity index is 564. The Morgan fingerprint density at radius 3 is 2.83 bits per heavy atom. The van der Waals surface area contributed by atoms with Crippen molar-refractivity contribution >= 4 is 17.3 Å². The zero-order valence-corrected chi connectivity index (χ0v) is 11.7. The smallest absolute Gasteiger partial charge is 0.132 e. The number of pyridine rings is 1. The largest absolute Gasteiger partial charge is 0.319 e. The van der Waals surface area contributed by atoms with Crippen LogP contribution in [0.3, 0.4) is 0 Å². The number of hydrogen-bond donors (Lipinski definition) is 1. The molecule has 0 spiro atoms. The summed E-state index contributed by atoms with van der Waals surface area (Å²) in [5, 5.41) is 0.792. The zero-order valence-electron chi connectivity index (χ0n) is 10.9. The minimum atomic E-state index is -0.411. The van der Waals surface area contributed by atoms with Gasteiger partial charge < -0.3 is 10.1 Å². The predicted octanol–water partition coefficient (Wildman–Crippen LogP) is 3.17. The molecule has 0 radical (unpaired) electrons. The monoisotopic (exact) mass is 261 g/mol. The molecule has 0 aliphatic heterocycles. The molecule has 1 aliphatic rings. The molecule has 0 atom stereocenters. The van der Waals surface area contributed by atoms with Gasteiger partial charge in [0, 0.05) is 16.3 Å². The van der Waals surface area contributed by atoms with Crippen molar-refractivity contribution in [2.75, 3.05) is 0 Å². The van der Waals surface area contributed by atoms with Crippen molar-refractivity contribution in [3.63, 3.8) is 0 Å². The summed E-state index contributed by atoms with van der Waals surface area (Å²) < 4.78 is 2.13. The van der Waals surface area contributed by atoms with E-state index < -0.39 is 5.54 Å². The van der Waals surface area contributed by atoms with Gasteiger partial charge in [-0.1, -0.05) is 6.42 Å². The lowest BCUT2D eigenvalue weighted by Gasteiger charge is -2.25. The number of rotatable bonds is 3. The van der Waals surface area contributed by atoms with Gasteiger partial charge in [0.2, 0.25) is 0 Å². The molecule has 0 amide bonds. The molecule has 1 saturated carbocycles. The summed E-state index contributed by atoms with van der Waals surface area (Å²) in [6.07, 6.45) is 8.06. The first-order chi connectivity index (χ1) is 8.55. The van der Waals surface area contributed by atoms with Crippen molar-refractivity contribution in [2.24, 2.45) is 5.73 Å². The minimum Gasteiger partial charge on any atom is -0.319 e. The van der Waals surface area contributed by atoms with Gasteiger partial charge >= 0.3 is 0 Å². The van der Waals surface area contributed by atoms with Gasteiger partial charge in [-0.15, -0.1) is 11.8 Å². The Kier molecular flexibility index (Phi) is 2.87. The summed E-state index contributed by atoms with van der Waals surface area (Å²) in [5.41, 5.74) is 6.94. The fourth-order valence-corrected chi connectivity index (χ4v) is 3.60. The van der Waals surface area contributed by atoms with E-state index in [1.54, 1.807) is 0 Å². The van der Waals surface area contributed by atoms with Gasteiger partial charge in [-0.05, 0) is 38.8 Å². The third kappa shape index (κ3) is 2.04. The molecule has 1 fully saturated rings. The van der Waals surface area contributed by atoms with Crippen molar-refractivity contribution in [3.05, 3.63) is 30.4 Å². The summed E-state index contributed by atoms with van der Waals surface area (Å²) in [6, 6.07) is 4.28. The number of nitrogens with two attached hydrogens (primary N) is 1. The fourth-order valence-electron chi connectivity index (χ4n) is 2.24. The highest BCUT2D eigenvalue weighted by atomic mass is 32.2. The third-order valence-electron chi connectivity index (χ3n) is 3.45. The topological polar surface area (TPSA) is 43.3 Å². The van der Waals surface area contributed by atoms with Crippen LogP contribution in [0.5, 0.6) is 0 Å². The molecule has 0 saturated heterocycles. The molecule has 4 heteroatoms. The number of thioether (sulfide) groups is 1. The van der Waals surface area contributed by atoms with E-state index in [9.17, 15) is 0 Å². The van der Waals surface area contributed by atoms with Crippen LogP contribution < -0.4 is 5.73 Å². The minimum absolute atomic E-state index is 0.411. The van der Waals surface area contributed by atoms with Gasteiger partial charge in [-0.2, -0.15) is 0 Å². The first-order valence-electron chi connectivity index (χ1n) is 6.48. The molecule has 2 N–H and O–H groups in total. The molecule has 2 heterocycles. The van der Waals surface area contributed by atoms with E-state index in [0.717, 1.165) is 11.1 Å². The summed E-state index contributed by atoms with van der Waals surface area (Å²) >= 11 is 1.98. The van der Waals surface area contributed by atoms with Crippen LogP contribution in [0.25, 0.3) is 5.52 Å². The summed E-state index contributed by atoms with van der Waals surface area (Å²) in [7, 11) is 0. The maximum absolute atomic E-state index is 6.17. The Labute approximate surface area is 112 Å². The Morgan fingerprint density at radius 2 is 2.22 bits per heavy atom. The van der Waals surface area contributed by atoms with Crippen LogP contribution in [-0.2, 0) is 5.54 Å². The highest BCUT2D eigenvalue weighted by molar-refractivity contribution is 8.00. The number of imidazole rings is 1. The summed E-state index contributed by atoms with van der Waals surface area (Å²) in [6.45, 7) is 3.99. The van der Waals surface area contributed by atoms with Gasteiger partial charge in [-0.3, -0.25) is 0 Å². The molecule has 2 aromatic rings. The Balaban J connectivity index is 2.03. The van der Waals surface area contributed by atoms with E-state index in [4.69, 9.17) is 5.73 Å². The molecule has 96 valence electrons. The fraction of sp³-hybridized carbons (Fsp3) is 0.500. The van der Waals surface area contributed by atoms with E-state index >= 15 is 0 Å². The van der Waals surface area contributed by atoms with Gasteiger partial charge in [0.15, 0.2) is 0 Å². The second-order valence-corrected chi connectivity index (χ2v) is 6.94. The molecule has 3 nitrogen and oxygen atoms in total. The molecule has 0 bridgehead atoms. The van der Waals surface area contributed by atoms with Crippen LogP contribution in [0.4, 0.5) is 0 Å². The van der Waals surface area contributed by atoms with E-state index in [1.807, 2.05) is 31.8 Å². The summed E-state index contributed by atoms with van der Waals surface area (Å²) in [5.74, 6) is 0.925. The Morgan fingerprint density at radius 1 is 1.44 bits per heavy atom. The van der Waals surface area contributed by atoms with Crippen molar-refractivity contribution in [1.82, 2.24) is 9.38 Å². The average molecular weight is 261 g/mol. The maximum Gasteiger partial charge on any atom is 0.132 e. The second-order valence-electron chi connectivity index (χ2n) is 5.60. The van der Waals surface area contributed by atoms with Crippen LogP contribution >= 0.6 is 11.8 Å². The summed E-state index contributed by atoms with van der Waals surface area (Å²) in [4.78, 5) is 5.83. The van der Waals surface area contributed by atoms with E-state index in [2.05, 4.69) is 27.7 Å². The van der Waals surface area contributed by atoms with Crippen molar-refractivity contribution in [3.8, 4) is 0 Å². The number of hydrogen-bond acceptors (Lipinski definition) is 3. The standard InChI is InChI=1S/C14H19N3S/c1-14(2,15)13-16-9-11-12(7-4-8-17(11)13)18-10-5-3-6-10/h4,7-10H,3,5-6,15H2,1-2H3. The highest BCUT2D eigenvalue weighted by Crippen LogP contribution is 2.38. The van der Waals surface area contributed by atoms with Crippen LogP contribution in [0.15, 0.2) is 29.4 Å². The van der Waals surface area contributed by atoms with Gasteiger partial charge in [0.05, 0.1) is 17.3 Å². The first-order valence-corrected chi connectivity index (χ1v) is 7.36. The highest BCUT2D eigenvalue weighted by Gasteiger charge is 2.23. The maximum atomic E-state index is 6.17.